The number of rotatable bonds is 2. The van der Waals surface area contributed by atoms with E-state index in [1.54, 1.807) is 0 Å². The Hall–Kier alpha value is -0.334. The smallest absolute Gasteiger partial charge is 0.544 e. The fourth-order valence-corrected chi connectivity index (χ4v) is 0.312. The molecule has 0 aromatic rings. The van der Waals surface area contributed by atoms with E-state index in [2.05, 4.69) is 0 Å². The van der Waals surface area contributed by atoms with Crippen molar-refractivity contribution in [3.05, 3.63) is 0 Å². The van der Waals surface area contributed by atoms with Gasteiger partial charge in [-0.1, -0.05) is 7.43 Å². The van der Waals surface area contributed by atoms with Crippen LogP contribution in [0.1, 0.15) is 7.43 Å². The Balaban J connectivity index is -0.000000320. The summed E-state index contributed by atoms with van der Waals surface area (Å²) in [6, 6.07) is 0. The number of quaternary nitrogens is 1. The summed E-state index contributed by atoms with van der Waals surface area (Å²) in [7, 11) is 1.48. The minimum Gasteiger partial charge on any atom is -0.544 e. The second-order valence-electron chi connectivity index (χ2n) is 1.74. The van der Waals surface area contributed by atoms with Crippen LogP contribution in [0.3, 0.4) is 0 Å². The molecule has 60 valence electrons. The first-order valence-electron chi connectivity index (χ1n) is 2.40. The van der Waals surface area contributed by atoms with Gasteiger partial charge < -0.3 is 15.6 Å². The molecule has 0 aliphatic carbocycles. The number of carboxylic acid groups (broad SMARTS) is 1. The molecule has 0 saturated heterocycles. The fraction of sp³-hybridized carbons (Fsp3) is 0.600. The van der Waals surface area contributed by atoms with Gasteiger partial charge in [-0.05, 0) is 0 Å². The van der Waals surface area contributed by atoms with Gasteiger partial charge in [-0.2, -0.15) is 0 Å². The van der Waals surface area contributed by atoms with Gasteiger partial charge in [-0.15, -0.1) is 0 Å². The van der Waals surface area contributed by atoms with Crippen LogP contribution in [0.2, 0.25) is 0 Å². The van der Waals surface area contributed by atoms with E-state index in [1.807, 2.05) is 0 Å². The molecule has 0 amide bonds. The first-order chi connectivity index (χ1) is 4.04. The van der Waals surface area contributed by atoms with Crippen molar-refractivity contribution < 1.29 is 14.8 Å². The zero-order chi connectivity index (χ0) is 7.44. The summed E-state index contributed by atoms with van der Waals surface area (Å²) in [4.78, 5) is 10.2. The largest absolute Gasteiger partial charge is 2.00 e. The third kappa shape index (κ3) is 9.67. The van der Waals surface area contributed by atoms with Crippen LogP contribution < -0.4 is 15.7 Å². The van der Waals surface area contributed by atoms with E-state index < -0.39 is 5.97 Å². The molecule has 0 radical (unpaired) electrons. The number of hydrogen-bond acceptors (Lipinski definition) is 3. The summed E-state index contributed by atoms with van der Waals surface area (Å²) in [6.45, 7) is -0.255. The van der Waals surface area contributed by atoms with Gasteiger partial charge in [0.2, 0.25) is 0 Å². The number of carbonyl (C=O) groups excluding carboxylic acids is 1. The van der Waals surface area contributed by atoms with Crippen molar-refractivity contribution in [3.63, 3.8) is 0 Å². The number of hydrogen-bond donors (Lipinski definition) is 3. The van der Waals surface area contributed by atoms with E-state index in [1.165, 1.54) is 7.05 Å². The molecule has 0 saturated carbocycles. The SMILES string of the molecule is C.C[NH+](CC(=O)[O-])C(=N)N.[Mg+2]. The summed E-state index contributed by atoms with van der Waals surface area (Å²) in [5, 5.41) is 16.6. The number of carboxylic acids is 1. The quantitative estimate of drug-likeness (QED) is 0.228. The average molecular weight is 171 g/mol. The molecule has 0 aromatic heterocycles. The predicted octanol–water partition coefficient (Wildman–Crippen LogP) is -3.60. The molecule has 0 aromatic carbocycles. The maximum Gasteiger partial charge on any atom is 2.00 e. The maximum absolute atomic E-state index is 9.83. The molecule has 0 spiro atoms. The number of guanidine groups is 1. The Bertz CT molecular complexity index is 140. The van der Waals surface area contributed by atoms with Crippen molar-refractivity contribution in [1.29, 1.82) is 5.41 Å². The van der Waals surface area contributed by atoms with Crippen molar-refractivity contribution in [1.82, 2.24) is 0 Å². The molecule has 1 unspecified atom stereocenters. The van der Waals surface area contributed by atoms with Crippen LogP contribution in [0.4, 0.5) is 0 Å². The van der Waals surface area contributed by atoms with Crippen LogP contribution in [0.5, 0.6) is 0 Å². The van der Waals surface area contributed by atoms with Crippen LogP contribution in [-0.2, 0) is 4.79 Å². The van der Waals surface area contributed by atoms with Crippen molar-refractivity contribution in [2.24, 2.45) is 5.73 Å². The van der Waals surface area contributed by atoms with E-state index in [-0.39, 0.29) is 43.0 Å². The second kappa shape index (κ2) is 7.77. The van der Waals surface area contributed by atoms with Gasteiger partial charge in [0, 0.05) is 0 Å². The molecule has 0 fully saturated rings. The normalized spacial score (nSPS) is 10.3. The topological polar surface area (TPSA) is 94.4 Å². The van der Waals surface area contributed by atoms with Gasteiger partial charge in [0.05, 0.1) is 13.0 Å². The Morgan fingerprint density at radius 1 is 1.73 bits per heavy atom. The minimum absolute atomic E-state index is 0. The molecule has 0 bridgehead atoms. The van der Waals surface area contributed by atoms with E-state index in [0.717, 1.165) is 0 Å². The van der Waals surface area contributed by atoms with Crippen LogP contribution in [-0.4, -0.2) is 48.6 Å². The molecule has 0 heterocycles. The molecular formula is C5H13MgN3O2+2. The Labute approximate surface area is 82.2 Å². The molecule has 11 heavy (non-hydrogen) atoms. The summed E-state index contributed by atoms with van der Waals surface area (Å²) < 4.78 is 0. The van der Waals surface area contributed by atoms with E-state index in [0.29, 0.717) is 4.90 Å². The van der Waals surface area contributed by atoms with Crippen molar-refractivity contribution in [2.75, 3.05) is 13.6 Å². The van der Waals surface area contributed by atoms with Gasteiger partial charge in [0.1, 0.15) is 6.54 Å². The minimum atomic E-state index is -1.21. The first-order valence-corrected chi connectivity index (χ1v) is 2.40. The Kier molecular flexibility index (Phi) is 12.0. The number of nitrogens with one attached hydrogen (secondary N) is 2. The number of carbonyl (C=O) groups is 1. The van der Waals surface area contributed by atoms with Gasteiger partial charge in [-0.25, -0.2) is 5.41 Å². The average Bonchev–Trinajstić information content (AvgIpc) is 1.63. The Morgan fingerprint density at radius 3 is 2.18 bits per heavy atom. The summed E-state index contributed by atoms with van der Waals surface area (Å²) in [5.41, 5.74) is 4.94. The molecule has 0 aliphatic rings. The predicted molar refractivity (Wildman–Crippen MR) is 41.2 cm³/mol. The standard InChI is InChI=1S/C4H9N3O2.CH4.Mg/c1-7(4(5)6)2-3(8)9;;/h2H2,1H3,(H3,5,6)(H,8,9);1H4;/q;;+2. The molecule has 4 N–H and O–H groups in total. The summed E-state index contributed by atoms with van der Waals surface area (Å²) in [6.07, 6.45) is 0. The molecule has 6 heteroatoms. The van der Waals surface area contributed by atoms with Crippen LogP contribution in [0.15, 0.2) is 0 Å². The monoisotopic (exact) mass is 171 g/mol. The molecule has 5 nitrogen and oxygen atoms in total. The number of aliphatic carboxylic acids is 1. The van der Waals surface area contributed by atoms with E-state index >= 15 is 0 Å². The van der Waals surface area contributed by atoms with Gasteiger partial charge >= 0.3 is 23.1 Å². The van der Waals surface area contributed by atoms with Crippen molar-refractivity contribution >= 4 is 35.0 Å². The molecule has 0 rings (SSSR count). The summed E-state index contributed by atoms with van der Waals surface area (Å²) >= 11 is 0. The first kappa shape index (κ1) is 17.0. The van der Waals surface area contributed by atoms with Gasteiger partial charge in [-0.3, -0.25) is 4.90 Å². The van der Waals surface area contributed by atoms with Crippen LogP contribution >= 0.6 is 0 Å². The maximum atomic E-state index is 9.83. The van der Waals surface area contributed by atoms with Gasteiger partial charge in [0.25, 0.3) is 5.96 Å². The van der Waals surface area contributed by atoms with Crippen LogP contribution in [0.25, 0.3) is 0 Å². The third-order valence-electron chi connectivity index (χ3n) is 0.869. The molecule has 0 aliphatic heterocycles. The number of nitrogens with two attached hydrogens (primary N) is 1. The van der Waals surface area contributed by atoms with Crippen LogP contribution in [0, 0.1) is 5.41 Å². The van der Waals surface area contributed by atoms with Crippen molar-refractivity contribution in [3.8, 4) is 0 Å². The third-order valence-corrected chi connectivity index (χ3v) is 0.869. The van der Waals surface area contributed by atoms with E-state index in [9.17, 15) is 9.90 Å². The fourth-order valence-electron chi connectivity index (χ4n) is 0.312. The second-order valence-corrected chi connectivity index (χ2v) is 1.74. The number of likely N-dealkylation sites (N-methyl/N-ethyl adjacent to an activating group) is 1. The zero-order valence-corrected chi connectivity index (χ0v) is 7.22. The van der Waals surface area contributed by atoms with Crippen molar-refractivity contribution in [2.45, 2.75) is 7.43 Å². The molecule has 1 atom stereocenters. The van der Waals surface area contributed by atoms with E-state index in [4.69, 9.17) is 11.1 Å². The Morgan fingerprint density at radius 2 is 2.09 bits per heavy atom. The molecular weight excluding hydrogens is 158 g/mol. The summed E-state index contributed by atoms with van der Waals surface area (Å²) in [5.74, 6) is -1.40. The van der Waals surface area contributed by atoms with Gasteiger partial charge in [0.15, 0.2) is 0 Å². The zero-order valence-electron chi connectivity index (χ0n) is 5.81.